The molecule has 18 heavy (non-hydrogen) atoms. The summed E-state index contributed by atoms with van der Waals surface area (Å²) in [6.45, 7) is 0. The van der Waals surface area contributed by atoms with Crippen molar-refractivity contribution in [3.8, 4) is 0 Å². The molecule has 0 heterocycles. The molecule has 2 rings (SSSR count). The topological polar surface area (TPSA) is 72.5 Å². The van der Waals surface area contributed by atoms with Crippen LogP contribution in [0.5, 0.6) is 0 Å². The first-order valence-electron chi connectivity index (χ1n) is 5.55. The molecule has 1 saturated carbocycles. The molecule has 1 aliphatic carbocycles. The van der Waals surface area contributed by atoms with Crippen LogP contribution in [0.1, 0.15) is 18.4 Å². The minimum atomic E-state index is -3.31. The zero-order valence-electron chi connectivity index (χ0n) is 10.3. The van der Waals surface area contributed by atoms with Crippen molar-refractivity contribution < 1.29 is 17.9 Å². The molecule has 1 amide bonds. The lowest BCUT2D eigenvalue weighted by Crippen LogP contribution is -2.35. The highest BCUT2D eigenvalue weighted by Crippen LogP contribution is 2.47. The van der Waals surface area contributed by atoms with Crippen molar-refractivity contribution in [1.82, 2.24) is 5.32 Å². The molecule has 0 aromatic heterocycles. The van der Waals surface area contributed by atoms with E-state index >= 15 is 0 Å². The number of sulfone groups is 1. The van der Waals surface area contributed by atoms with E-state index in [-0.39, 0.29) is 4.90 Å². The molecule has 6 heteroatoms. The highest BCUT2D eigenvalue weighted by Gasteiger charge is 2.48. The number of amides is 1. The summed E-state index contributed by atoms with van der Waals surface area (Å²) in [4.78, 5) is 11.6. The van der Waals surface area contributed by atoms with Crippen LogP contribution in [0.15, 0.2) is 29.2 Å². The van der Waals surface area contributed by atoms with E-state index in [1.807, 2.05) is 0 Å². The van der Waals surface area contributed by atoms with E-state index in [1.165, 1.54) is 13.4 Å². The van der Waals surface area contributed by atoms with Gasteiger partial charge >= 0.3 is 6.09 Å². The second-order valence-electron chi connectivity index (χ2n) is 4.47. The maximum Gasteiger partial charge on any atom is 0.407 e. The van der Waals surface area contributed by atoms with Crippen molar-refractivity contribution in [3.05, 3.63) is 29.8 Å². The third-order valence-electron chi connectivity index (χ3n) is 3.08. The lowest BCUT2D eigenvalue weighted by atomic mass is 10.1. The number of hydrogen-bond acceptors (Lipinski definition) is 4. The Morgan fingerprint density at radius 2 is 1.94 bits per heavy atom. The van der Waals surface area contributed by atoms with Gasteiger partial charge in [-0.15, -0.1) is 0 Å². The van der Waals surface area contributed by atoms with E-state index in [9.17, 15) is 13.2 Å². The van der Waals surface area contributed by atoms with Gasteiger partial charge < -0.3 is 10.1 Å². The van der Waals surface area contributed by atoms with Crippen LogP contribution in [-0.4, -0.2) is 27.9 Å². The smallest absolute Gasteiger partial charge is 0.407 e. The Kier molecular flexibility index (Phi) is 3.06. The molecule has 0 bridgehead atoms. The maximum atomic E-state index is 11.7. The van der Waals surface area contributed by atoms with Gasteiger partial charge in [0.25, 0.3) is 0 Å². The Balaban J connectivity index is 2.43. The number of benzene rings is 1. The first-order chi connectivity index (χ1) is 8.39. The monoisotopic (exact) mass is 269 g/mol. The number of carbonyl (C=O) groups is 1. The molecule has 1 aliphatic rings. The summed E-state index contributed by atoms with van der Waals surface area (Å²) in [7, 11) is -2.03. The number of ether oxygens (including phenoxy) is 1. The molecular weight excluding hydrogens is 254 g/mol. The number of rotatable bonds is 3. The molecular formula is C12H15NO4S. The van der Waals surface area contributed by atoms with Crippen molar-refractivity contribution in [3.63, 3.8) is 0 Å². The molecule has 1 aromatic rings. The van der Waals surface area contributed by atoms with Crippen molar-refractivity contribution in [2.75, 3.05) is 13.4 Å². The van der Waals surface area contributed by atoms with E-state index in [2.05, 4.69) is 10.1 Å². The fourth-order valence-corrected chi connectivity index (χ4v) is 3.01. The van der Waals surface area contributed by atoms with Crippen LogP contribution in [0, 0.1) is 0 Å². The van der Waals surface area contributed by atoms with E-state index in [4.69, 9.17) is 0 Å². The predicted octanol–water partition coefficient (Wildman–Crippen LogP) is 1.44. The molecule has 0 unspecified atom stereocenters. The summed E-state index contributed by atoms with van der Waals surface area (Å²) in [5.74, 6) is 0. The van der Waals surface area contributed by atoms with Crippen LogP contribution >= 0.6 is 0 Å². The largest absolute Gasteiger partial charge is 0.453 e. The second-order valence-corrected chi connectivity index (χ2v) is 6.45. The van der Waals surface area contributed by atoms with Crippen molar-refractivity contribution >= 4 is 15.9 Å². The molecule has 0 aliphatic heterocycles. The Labute approximate surface area is 106 Å². The Morgan fingerprint density at radius 3 is 2.44 bits per heavy atom. The number of alkyl carbamates (subject to hydrolysis) is 1. The Bertz CT molecular complexity index is 575. The molecule has 0 radical (unpaired) electrons. The van der Waals surface area contributed by atoms with Gasteiger partial charge in [0.1, 0.15) is 0 Å². The van der Waals surface area contributed by atoms with E-state index in [0.717, 1.165) is 0 Å². The van der Waals surface area contributed by atoms with Gasteiger partial charge in [-0.25, -0.2) is 13.2 Å². The molecule has 1 N–H and O–H groups in total. The quantitative estimate of drug-likeness (QED) is 0.901. The van der Waals surface area contributed by atoms with Crippen LogP contribution < -0.4 is 5.32 Å². The average molecular weight is 269 g/mol. The summed E-state index contributed by atoms with van der Waals surface area (Å²) in [6, 6.07) is 6.74. The van der Waals surface area contributed by atoms with Gasteiger partial charge in [-0.05, 0) is 24.5 Å². The Hall–Kier alpha value is -1.56. The lowest BCUT2D eigenvalue weighted by molar-refractivity contribution is 0.165. The molecule has 1 fully saturated rings. The minimum Gasteiger partial charge on any atom is -0.453 e. The number of hydrogen-bond donors (Lipinski definition) is 1. The van der Waals surface area contributed by atoms with Gasteiger partial charge in [-0.2, -0.15) is 0 Å². The zero-order chi connectivity index (χ0) is 13.4. The van der Waals surface area contributed by atoms with Gasteiger partial charge in [-0.3, -0.25) is 0 Å². The van der Waals surface area contributed by atoms with Gasteiger partial charge in [0, 0.05) is 6.26 Å². The highest BCUT2D eigenvalue weighted by atomic mass is 32.2. The highest BCUT2D eigenvalue weighted by molar-refractivity contribution is 7.90. The first kappa shape index (κ1) is 12.9. The van der Waals surface area contributed by atoms with E-state index in [0.29, 0.717) is 18.4 Å². The molecule has 0 atom stereocenters. The fourth-order valence-electron chi connectivity index (χ4n) is 2.02. The summed E-state index contributed by atoms with van der Waals surface area (Å²) in [5.41, 5.74) is 0.0464. The number of methoxy groups -OCH3 is 1. The van der Waals surface area contributed by atoms with Crippen LogP contribution in [0.4, 0.5) is 4.79 Å². The molecule has 98 valence electrons. The first-order valence-corrected chi connectivity index (χ1v) is 7.44. The third kappa shape index (κ3) is 2.33. The number of nitrogens with one attached hydrogen (secondary N) is 1. The van der Waals surface area contributed by atoms with Gasteiger partial charge in [0.2, 0.25) is 0 Å². The van der Waals surface area contributed by atoms with Gasteiger partial charge in [0.15, 0.2) is 9.84 Å². The average Bonchev–Trinajstić information content (AvgIpc) is 3.09. The molecule has 5 nitrogen and oxygen atoms in total. The number of carbonyl (C=O) groups excluding carboxylic acids is 1. The third-order valence-corrected chi connectivity index (χ3v) is 4.23. The van der Waals surface area contributed by atoms with Crippen molar-refractivity contribution in [2.45, 2.75) is 23.3 Å². The van der Waals surface area contributed by atoms with Crippen LogP contribution in [0.3, 0.4) is 0 Å². The Morgan fingerprint density at radius 1 is 1.33 bits per heavy atom. The van der Waals surface area contributed by atoms with Crippen molar-refractivity contribution in [1.29, 1.82) is 0 Å². The minimum absolute atomic E-state index is 0.263. The summed E-state index contributed by atoms with van der Waals surface area (Å²) in [5, 5.41) is 2.72. The summed E-state index contributed by atoms with van der Waals surface area (Å²) >= 11 is 0. The normalized spacial score (nSPS) is 17.0. The van der Waals surface area contributed by atoms with Crippen LogP contribution in [-0.2, 0) is 20.1 Å². The van der Waals surface area contributed by atoms with Gasteiger partial charge in [-0.1, -0.05) is 18.2 Å². The van der Waals surface area contributed by atoms with Crippen molar-refractivity contribution in [2.24, 2.45) is 0 Å². The fraction of sp³-hybridized carbons (Fsp3) is 0.417. The SMILES string of the molecule is COC(=O)NC1(c2ccccc2S(C)(=O)=O)CC1. The van der Waals surface area contributed by atoms with Crippen LogP contribution in [0.2, 0.25) is 0 Å². The summed E-state index contributed by atoms with van der Waals surface area (Å²) < 4.78 is 28.1. The second kappa shape index (κ2) is 4.28. The van der Waals surface area contributed by atoms with Crippen LogP contribution in [0.25, 0.3) is 0 Å². The zero-order valence-corrected chi connectivity index (χ0v) is 11.1. The maximum absolute atomic E-state index is 11.7. The van der Waals surface area contributed by atoms with E-state index < -0.39 is 21.5 Å². The lowest BCUT2D eigenvalue weighted by Gasteiger charge is -2.19. The standard InChI is InChI=1S/C12H15NO4S/c1-17-11(14)13-12(7-8-12)9-5-3-4-6-10(9)18(2,15)16/h3-6H,7-8H2,1-2H3,(H,13,14). The molecule has 0 spiro atoms. The predicted molar refractivity (Wildman–Crippen MR) is 66.0 cm³/mol. The molecule has 1 aromatic carbocycles. The van der Waals surface area contributed by atoms with E-state index in [1.54, 1.807) is 24.3 Å². The summed E-state index contributed by atoms with van der Waals surface area (Å²) in [6.07, 6.45) is 2.05. The molecule has 0 saturated heterocycles. The van der Waals surface area contributed by atoms with Gasteiger partial charge in [0.05, 0.1) is 17.5 Å².